The second-order valence-electron chi connectivity index (χ2n) is 9.80. The van der Waals surface area contributed by atoms with Crippen molar-refractivity contribution in [2.24, 2.45) is 4.99 Å². The van der Waals surface area contributed by atoms with Gasteiger partial charge >= 0.3 is 0 Å². The zero-order valence-electron chi connectivity index (χ0n) is 28.1. The van der Waals surface area contributed by atoms with Crippen molar-refractivity contribution < 1.29 is 47.5 Å². The minimum absolute atomic E-state index is 0.127. The van der Waals surface area contributed by atoms with Crippen molar-refractivity contribution in [2.45, 2.75) is 19.3 Å². The summed E-state index contributed by atoms with van der Waals surface area (Å²) in [7, 11) is 4.99. The number of benzene rings is 1. The molecule has 0 spiro atoms. The van der Waals surface area contributed by atoms with Crippen LogP contribution in [0.3, 0.4) is 0 Å². The van der Waals surface area contributed by atoms with Gasteiger partial charge in [0.2, 0.25) is 19.8 Å². The number of rotatable bonds is 33. The Bertz CT molecular complexity index is 1040. The SMILES string of the molecule is [B]NC(=O)CCCNC(=O)CCOCCOCCOCCOCCOCCOCCOCCOCCNC(=S)Nc1ccc(N=C=S)cc1. The third-order valence-electron chi connectivity index (χ3n) is 5.97. The molecule has 0 aliphatic heterocycles. The number of nitrogens with one attached hydrogen (secondary N) is 4. The molecule has 0 unspecified atom stereocenters. The van der Waals surface area contributed by atoms with E-state index in [0.717, 1.165) is 11.4 Å². The van der Waals surface area contributed by atoms with Gasteiger partial charge < -0.3 is 59.1 Å². The van der Waals surface area contributed by atoms with Crippen molar-refractivity contribution >= 4 is 65.9 Å². The monoisotopic (exact) mass is 727 g/mol. The Balaban J connectivity index is 1.71. The largest absolute Gasteiger partial charge is 0.409 e. The van der Waals surface area contributed by atoms with E-state index in [2.05, 4.69) is 38.3 Å². The fraction of sp³-hybridized carbons (Fsp3) is 0.677. The highest BCUT2D eigenvalue weighted by atomic mass is 32.1. The summed E-state index contributed by atoms with van der Waals surface area (Å²) in [6, 6.07) is 7.36. The molecule has 0 saturated heterocycles. The van der Waals surface area contributed by atoms with Crippen LogP contribution in [0.25, 0.3) is 0 Å². The zero-order valence-corrected chi connectivity index (χ0v) is 29.7. The summed E-state index contributed by atoms with van der Waals surface area (Å²) in [5.41, 5.74) is 1.58. The van der Waals surface area contributed by atoms with E-state index in [1.165, 1.54) is 0 Å². The number of hydrogen-bond donors (Lipinski definition) is 4. The third-order valence-corrected chi connectivity index (χ3v) is 6.31. The van der Waals surface area contributed by atoms with Gasteiger partial charge in [0, 0.05) is 31.6 Å². The van der Waals surface area contributed by atoms with Crippen LogP contribution in [0.4, 0.5) is 11.4 Å². The molecule has 274 valence electrons. The number of ether oxygens (including phenoxy) is 8. The highest BCUT2D eigenvalue weighted by molar-refractivity contribution is 7.80. The van der Waals surface area contributed by atoms with E-state index in [9.17, 15) is 9.59 Å². The molecule has 0 bridgehead atoms. The molecule has 0 aliphatic carbocycles. The number of hydrogen-bond acceptors (Lipinski definition) is 13. The van der Waals surface area contributed by atoms with Crippen molar-refractivity contribution in [3.05, 3.63) is 24.3 Å². The van der Waals surface area contributed by atoms with Crippen molar-refractivity contribution in [2.75, 3.05) is 124 Å². The Kier molecular flexibility index (Phi) is 30.7. The van der Waals surface area contributed by atoms with Crippen molar-refractivity contribution in [3.63, 3.8) is 0 Å². The molecule has 2 amide bonds. The van der Waals surface area contributed by atoms with Gasteiger partial charge in [-0.15, -0.1) is 0 Å². The molecule has 0 aromatic heterocycles. The average Bonchev–Trinajstić information content (AvgIpc) is 3.10. The van der Waals surface area contributed by atoms with Crippen LogP contribution in [0.15, 0.2) is 29.3 Å². The third kappa shape index (κ3) is 30.0. The van der Waals surface area contributed by atoms with Crippen LogP contribution >= 0.6 is 24.4 Å². The first kappa shape index (κ1) is 44.4. The number of isothiocyanates is 1. The van der Waals surface area contributed by atoms with E-state index in [-0.39, 0.29) is 24.7 Å². The lowest BCUT2D eigenvalue weighted by molar-refractivity contribution is -0.123. The first-order chi connectivity index (χ1) is 24.0. The van der Waals surface area contributed by atoms with Gasteiger partial charge in [0.25, 0.3) is 0 Å². The quantitative estimate of drug-likeness (QED) is 0.0354. The van der Waals surface area contributed by atoms with Gasteiger partial charge in [0.1, 0.15) is 0 Å². The van der Waals surface area contributed by atoms with Crippen LogP contribution in [-0.4, -0.2) is 149 Å². The molecule has 2 radical (unpaired) electrons. The zero-order chi connectivity index (χ0) is 35.5. The molecule has 1 aromatic carbocycles. The predicted octanol–water partition coefficient (Wildman–Crippen LogP) is 1.33. The topological polar surface area (TPSA) is 168 Å². The van der Waals surface area contributed by atoms with Gasteiger partial charge in [-0.3, -0.25) is 9.59 Å². The lowest BCUT2D eigenvalue weighted by atomic mass is 10.2. The summed E-state index contributed by atoms with van der Waals surface area (Å²) in [6.07, 6.45) is 1.05. The summed E-state index contributed by atoms with van der Waals surface area (Å²) in [4.78, 5) is 26.5. The average molecular weight is 728 g/mol. The first-order valence-corrected chi connectivity index (χ1v) is 17.0. The smallest absolute Gasteiger partial charge is 0.226 e. The second kappa shape index (κ2) is 33.9. The van der Waals surface area contributed by atoms with Crippen LogP contribution in [0.2, 0.25) is 0 Å². The van der Waals surface area contributed by atoms with Gasteiger partial charge in [-0.25, -0.2) is 0 Å². The minimum Gasteiger partial charge on any atom is -0.409 e. The van der Waals surface area contributed by atoms with E-state index in [4.69, 9.17) is 58.1 Å². The molecule has 4 N–H and O–H groups in total. The Morgan fingerprint density at radius 3 is 1.51 bits per heavy atom. The number of amides is 2. The Hall–Kier alpha value is -2.61. The van der Waals surface area contributed by atoms with E-state index in [1.54, 1.807) is 0 Å². The fourth-order valence-electron chi connectivity index (χ4n) is 3.53. The molecular formula is C31H50BN5O10S2. The highest BCUT2D eigenvalue weighted by Gasteiger charge is 2.03. The number of anilines is 1. The minimum atomic E-state index is -0.258. The summed E-state index contributed by atoms with van der Waals surface area (Å²) in [5, 5.41) is 13.8. The second-order valence-corrected chi connectivity index (χ2v) is 10.4. The number of thiocarbonyl (C=S) groups is 2. The maximum Gasteiger partial charge on any atom is 0.226 e. The van der Waals surface area contributed by atoms with Crippen LogP contribution < -0.4 is 21.2 Å². The Morgan fingerprint density at radius 2 is 1.06 bits per heavy atom. The molecule has 0 heterocycles. The molecule has 49 heavy (non-hydrogen) atoms. The summed E-state index contributed by atoms with van der Waals surface area (Å²) in [5.74, 6) is -0.386. The molecule has 0 atom stereocenters. The number of nitrogens with zero attached hydrogens (tertiary/aromatic N) is 1. The summed E-state index contributed by atoms with van der Waals surface area (Å²) in [6.45, 7) is 8.24. The molecule has 15 nitrogen and oxygen atoms in total. The first-order valence-electron chi connectivity index (χ1n) is 16.2. The lowest BCUT2D eigenvalue weighted by Crippen LogP contribution is -2.31. The van der Waals surface area contributed by atoms with E-state index in [1.807, 2.05) is 29.5 Å². The Labute approximate surface area is 301 Å². The molecule has 18 heteroatoms. The molecule has 0 saturated carbocycles. The van der Waals surface area contributed by atoms with E-state index >= 15 is 0 Å². The van der Waals surface area contributed by atoms with Crippen LogP contribution in [0.1, 0.15) is 19.3 Å². The van der Waals surface area contributed by atoms with Crippen LogP contribution in [0, 0.1) is 0 Å². The molecular weight excluding hydrogens is 677 g/mol. The van der Waals surface area contributed by atoms with E-state index in [0.29, 0.717) is 130 Å². The lowest BCUT2D eigenvalue weighted by Gasteiger charge is -2.11. The number of aliphatic imine (C=N–C) groups is 1. The number of carbonyl (C=O) groups excluding carboxylic acids is 2. The van der Waals surface area contributed by atoms with Gasteiger partial charge in [0.05, 0.1) is 117 Å². The number of carbonyl (C=O) groups is 2. The van der Waals surface area contributed by atoms with Crippen molar-refractivity contribution in [1.29, 1.82) is 0 Å². The van der Waals surface area contributed by atoms with Crippen molar-refractivity contribution in [3.8, 4) is 0 Å². The van der Waals surface area contributed by atoms with Crippen molar-refractivity contribution in [1.82, 2.24) is 15.9 Å². The van der Waals surface area contributed by atoms with Gasteiger partial charge in [-0.05, 0) is 55.1 Å². The Morgan fingerprint density at radius 1 is 0.612 bits per heavy atom. The normalized spacial score (nSPS) is 10.7. The summed E-state index contributed by atoms with van der Waals surface area (Å²) >= 11 is 9.86. The maximum absolute atomic E-state index is 11.6. The van der Waals surface area contributed by atoms with Crippen LogP contribution in [-0.2, 0) is 47.5 Å². The highest BCUT2D eigenvalue weighted by Crippen LogP contribution is 2.15. The standard InChI is InChI=1S/C31H50BN5O10S2/c32-37-30(39)2-1-8-33-29(38)7-10-40-12-14-42-16-18-44-20-22-46-24-25-47-23-21-45-19-17-43-15-13-41-11-9-34-31(49)36-28-5-3-27(4-6-28)35-26-48/h3-6H,1-2,7-25H2,(H,33,38)(H,37,39)(H2,34,36,49). The van der Waals surface area contributed by atoms with E-state index < -0.39 is 0 Å². The van der Waals surface area contributed by atoms with Gasteiger partial charge in [-0.2, -0.15) is 4.99 Å². The molecule has 0 aliphatic rings. The predicted molar refractivity (Wildman–Crippen MR) is 193 cm³/mol. The summed E-state index contributed by atoms with van der Waals surface area (Å²) < 4.78 is 43.7. The van der Waals surface area contributed by atoms with Gasteiger partial charge in [-0.1, -0.05) is 0 Å². The molecule has 0 fully saturated rings. The van der Waals surface area contributed by atoms with Gasteiger partial charge in [0.15, 0.2) is 5.11 Å². The molecule has 1 rings (SSSR count). The molecule has 1 aromatic rings. The maximum atomic E-state index is 11.6. The van der Waals surface area contributed by atoms with Crippen LogP contribution in [0.5, 0.6) is 0 Å². The fourth-order valence-corrected chi connectivity index (χ4v) is 3.85.